The second kappa shape index (κ2) is 6.03. The topological polar surface area (TPSA) is 26.0 Å². The van der Waals surface area contributed by atoms with E-state index in [1.165, 1.54) is 0 Å². The third-order valence-electron chi connectivity index (χ3n) is 1.83. The number of hydrogen-bond donors (Lipinski definition) is 1. The Bertz CT molecular complexity index is 374. The van der Waals surface area contributed by atoms with Gasteiger partial charge in [0.25, 0.3) is 0 Å². The van der Waals surface area contributed by atoms with Gasteiger partial charge in [0.05, 0.1) is 0 Å². The van der Waals surface area contributed by atoms with Crippen LogP contribution in [0.1, 0.15) is 11.6 Å². The van der Waals surface area contributed by atoms with Crippen LogP contribution in [0.5, 0.6) is 0 Å². The first kappa shape index (κ1) is 17.4. The van der Waals surface area contributed by atoms with Crippen molar-refractivity contribution < 1.29 is 26.3 Å². The molecule has 1 atom stereocenters. The van der Waals surface area contributed by atoms with Crippen LogP contribution in [0.3, 0.4) is 0 Å². The van der Waals surface area contributed by atoms with Crippen molar-refractivity contribution in [2.45, 2.75) is 22.6 Å². The summed E-state index contributed by atoms with van der Waals surface area (Å²) in [5, 5.41) is 0. The van der Waals surface area contributed by atoms with E-state index in [4.69, 9.17) is 5.73 Å². The fraction of sp³-hybridized carbons (Fsp3) is 0.333. The molecule has 0 saturated heterocycles. The molecular formula is C9H8ClF6NS. The first-order chi connectivity index (χ1) is 7.59. The number of benzene rings is 1. The lowest BCUT2D eigenvalue weighted by molar-refractivity contribution is -0.149. The molecule has 0 aliphatic heterocycles. The predicted molar refractivity (Wildman–Crippen MR) is 58.6 cm³/mol. The Morgan fingerprint density at radius 2 is 1.39 bits per heavy atom. The molecule has 1 nitrogen and oxygen atoms in total. The molecule has 0 amide bonds. The highest BCUT2D eigenvalue weighted by Crippen LogP contribution is 2.38. The van der Waals surface area contributed by atoms with Crippen molar-refractivity contribution in [3.8, 4) is 0 Å². The average Bonchev–Trinajstić information content (AvgIpc) is 2.14. The highest BCUT2D eigenvalue weighted by Gasteiger charge is 2.37. The van der Waals surface area contributed by atoms with Crippen molar-refractivity contribution in [3.63, 3.8) is 0 Å². The summed E-state index contributed by atoms with van der Waals surface area (Å²) in [5.41, 5.74) is 0.157. The number of rotatable bonds is 2. The summed E-state index contributed by atoms with van der Waals surface area (Å²) in [6, 6.07) is 1.60. The summed E-state index contributed by atoms with van der Waals surface area (Å²) in [6.07, 6.45) is -4.61. The van der Waals surface area contributed by atoms with Gasteiger partial charge in [-0.2, -0.15) is 26.3 Å². The molecule has 1 aromatic carbocycles. The standard InChI is InChI=1S/C9H7F6NS.ClH/c10-8(11,12)7(16)5-1-3-6(4-2-5)17-9(13,14)15;/h1-4,7H,16H2;1H/t7-;/m1./s1. The van der Waals surface area contributed by atoms with Gasteiger partial charge in [-0.1, -0.05) is 12.1 Å². The number of thioether (sulfide) groups is 1. The van der Waals surface area contributed by atoms with Gasteiger partial charge in [-0.15, -0.1) is 12.4 Å². The van der Waals surface area contributed by atoms with E-state index in [0.29, 0.717) is 0 Å². The number of halogens is 7. The second-order valence-corrected chi connectivity index (χ2v) is 4.27. The van der Waals surface area contributed by atoms with E-state index in [1.54, 1.807) is 0 Å². The molecule has 0 saturated carbocycles. The van der Waals surface area contributed by atoms with Gasteiger partial charge in [-0.25, -0.2) is 0 Å². The molecular weight excluding hydrogens is 304 g/mol. The molecule has 104 valence electrons. The number of nitrogens with two attached hydrogens (primary N) is 1. The summed E-state index contributed by atoms with van der Waals surface area (Å²) in [7, 11) is 0. The summed E-state index contributed by atoms with van der Waals surface area (Å²) < 4.78 is 72.4. The van der Waals surface area contributed by atoms with Gasteiger partial charge in [-0.3, -0.25) is 0 Å². The molecule has 2 N–H and O–H groups in total. The second-order valence-electron chi connectivity index (χ2n) is 3.14. The highest BCUT2D eigenvalue weighted by atomic mass is 35.5. The van der Waals surface area contributed by atoms with Crippen LogP contribution in [-0.4, -0.2) is 11.7 Å². The van der Waals surface area contributed by atoms with Crippen LogP contribution >= 0.6 is 24.2 Å². The minimum atomic E-state index is -4.61. The van der Waals surface area contributed by atoms with Crippen molar-refractivity contribution >= 4 is 24.2 Å². The van der Waals surface area contributed by atoms with Crippen LogP contribution in [-0.2, 0) is 0 Å². The lowest BCUT2D eigenvalue weighted by Crippen LogP contribution is -2.28. The van der Waals surface area contributed by atoms with Gasteiger partial charge < -0.3 is 5.73 Å². The van der Waals surface area contributed by atoms with Gasteiger partial charge >= 0.3 is 11.7 Å². The zero-order valence-electron chi connectivity index (χ0n) is 8.55. The van der Waals surface area contributed by atoms with Crippen LogP contribution in [0, 0.1) is 0 Å². The van der Waals surface area contributed by atoms with E-state index >= 15 is 0 Å². The summed E-state index contributed by atoms with van der Waals surface area (Å²) in [4.78, 5) is -0.185. The Morgan fingerprint density at radius 1 is 0.944 bits per heavy atom. The predicted octanol–water partition coefficient (Wildman–Crippen LogP) is 4.28. The Balaban J connectivity index is 0.00000289. The Kier molecular flexibility index (Phi) is 5.83. The highest BCUT2D eigenvalue weighted by molar-refractivity contribution is 8.00. The normalized spacial score (nSPS) is 13.9. The van der Waals surface area contributed by atoms with E-state index < -0.39 is 29.5 Å². The quantitative estimate of drug-likeness (QED) is 0.651. The molecule has 0 fully saturated rings. The largest absolute Gasteiger partial charge is 0.446 e. The first-order valence-corrected chi connectivity index (χ1v) is 5.09. The van der Waals surface area contributed by atoms with Crippen molar-refractivity contribution in [2.75, 3.05) is 0 Å². The van der Waals surface area contributed by atoms with Gasteiger partial charge in [0.15, 0.2) is 0 Å². The summed E-state index contributed by atoms with van der Waals surface area (Å²) >= 11 is -0.393. The van der Waals surface area contributed by atoms with Gasteiger partial charge in [-0.05, 0) is 29.5 Å². The third kappa shape index (κ3) is 5.36. The molecule has 0 aliphatic carbocycles. The van der Waals surface area contributed by atoms with E-state index in [0.717, 1.165) is 24.3 Å². The molecule has 9 heteroatoms. The SMILES string of the molecule is Cl.N[C@H](c1ccc(SC(F)(F)F)cc1)C(F)(F)F. The van der Waals surface area contributed by atoms with Crippen LogP contribution in [0.15, 0.2) is 29.2 Å². The van der Waals surface area contributed by atoms with E-state index in [-0.39, 0.29) is 22.9 Å². The molecule has 0 unspecified atom stereocenters. The number of alkyl halides is 6. The molecule has 1 rings (SSSR count). The van der Waals surface area contributed by atoms with Crippen molar-refractivity contribution in [2.24, 2.45) is 5.73 Å². The molecule has 0 spiro atoms. The number of hydrogen-bond acceptors (Lipinski definition) is 2. The summed E-state index contributed by atoms with van der Waals surface area (Å²) in [6.45, 7) is 0. The fourth-order valence-electron chi connectivity index (χ4n) is 1.07. The summed E-state index contributed by atoms with van der Waals surface area (Å²) in [5.74, 6) is 0. The van der Waals surface area contributed by atoms with Gasteiger partial charge in [0.2, 0.25) is 0 Å². The van der Waals surface area contributed by atoms with Crippen LogP contribution in [0.25, 0.3) is 0 Å². The van der Waals surface area contributed by atoms with Gasteiger partial charge in [0, 0.05) is 4.90 Å². The monoisotopic (exact) mass is 311 g/mol. The first-order valence-electron chi connectivity index (χ1n) is 4.27. The van der Waals surface area contributed by atoms with Crippen LogP contribution < -0.4 is 5.73 Å². The van der Waals surface area contributed by atoms with Crippen LogP contribution in [0.2, 0.25) is 0 Å². The zero-order valence-corrected chi connectivity index (χ0v) is 10.2. The Labute approximate surface area is 109 Å². The Hall–Kier alpha value is -0.600. The lowest BCUT2D eigenvalue weighted by Gasteiger charge is -2.16. The molecule has 0 aromatic heterocycles. The van der Waals surface area contributed by atoms with Gasteiger partial charge in [0.1, 0.15) is 6.04 Å². The van der Waals surface area contributed by atoms with E-state index in [2.05, 4.69) is 0 Å². The van der Waals surface area contributed by atoms with Crippen molar-refractivity contribution in [1.29, 1.82) is 0 Å². The maximum Gasteiger partial charge on any atom is 0.446 e. The Morgan fingerprint density at radius 3 is 1.72 bits per heavy atom. The molecule has 0 radical (unpaired) electrons. The minimum absolute atomic E-state index is 0. The maximum absolute atomic E-state index is 12.2. The molecule has 0 bridgehead atoms. The molecule has 0 aliphatic rings. The van der Waals surface area contributed by atoms with Crippen LogP contribution in [0.4, 0.5) is 26.3 Å². The fourth-order valence-corrected chi connectivity index (χ4v) is 1.61. The zero-order chi connectivity index (χ0) is 13.3. The van der Waals surface area contributed by atoms with Crippen molar-refractivity contribution in [1.82, 2.24) is 0 Å². The molecule has 0 heterocycles. The lowest BCUT2D eigenvalue weighted by atomic mass is 10.1. The van der Waals surface area contributed by atoms with Crippen molar-refractivity contribution in [3.05, 3.63) is 29.8 Å². The van der Waals surface area contributed by atoms with E-state index in [9.17, 15) is 26.3 Å². The third-order valence-corrected chi connectivity index (χ3v) is 2.56. The molecule has 18 heavy (non-hydrogen) atoms. The van der Waals surface area contributed by atoms with E-state index in [1.807, 2.05) is 0 Å². The smallest absolute Gasteiger partial charge is 0.316 e. The average molecular weight is 312 g/mol. The maximum atomic E-state index is 12.2. The minimum Gasteiger partial charge on any atom is -0.316 e. The molecule has 1 aromatic rings.